The van der Waals surface area contributed by atoms with Crippen molar-refractivity contribution in [2.75, 3.05) is 19.6 Å². The fourth-order valence-corrected chi connectivity index (χ4v) is 2.38. The quantitative estimate of drug-likeness (QED) is 0.822. The second-order valence-electron chi connectivity index (χ2n) is 4.86. The zero-order valence-electron chi connectivity index (χ0n) is 10.9. The molecule has 4 heteroatoms. The van der Waals surface area contributed by atoms with Gasteiger partial charge < -0.3 is 9.84 Å². The number of hydrogen-bond donors (Lipinski definition) is 1. The van der Waals surface area contributed by atoms with Crippen LogP contribution in [0.15, 0.2) is 10.6 Å². The molecule has 1 aromatic rings. The molecule has 4 nitrogen and oxygen atoms in total. The first-order valence-corrected chi connectivity index (χ1v) is 6.69. The summed E-state index contributed by atoms with van der Waals surface area (Å²) < 4.78 is 5.36. The number of likely N-dealkylation sites (tertiary alicyclic amines) is 1. The van der Waals surface area contributed by atoms with Gasteiger partial charge in [0.1, 0.15) is 0 Å². The third-order valence-electron chi connectivity index (χ3n) is 3.49. The summed E-state index contributed by atoms with van der Waals surface area (Å²) >= 11 is 0. The van der Waals surface area contributed by atoms with Gasteiger partial charge in [-0.15, -0.1) is 0 Å². The molecule has 2 rings (SSSR count). The van der Waals surface area contributed by atoms with Crippen molar-refractivity contribution in [1.82, 2.24) is 15.4 Å². The molecule has 17 heavy (non-hydrogen) atoms. The lowest BCUT2D eigenvalue weighted by atomic mass is 10.1. The molecule has 1 unspecified atom stereocenters. The molecule has 1 N–H and O–H groups in total. The van der Waals surface area contributed by atoms with E-state index in [9.17, 15) is 0 Å². The molecule has 0 spiro atoms. The zero-order chi connectivity index (χ0) is 12.1. The van der Waals surface area contributed by atoms with Crippen molar-refractivity contribution in [3.8, 4) is 0 Å². The molecule has 1 aliphatic rings. The summed E-state index contributed by atoms with van der Waals surface area (Å²) in [6.45, 7) is 9.45. The highest BCUT2D eigenvalue weighted by Gasteiger charge is 2.21. The number of hydrogen-bond acceptors (Lipinski definition) is 4. The summed E-state index contributed by atoms with van der Waals surface area (Å²) in [5.74, 6) is 1.87. The zero-order valence-corrected chi connectivity index (χ0v) is 10.9. The summed E-state index contributed by atoms with van der Waals surface area (Å²) in [5, 5.41) is 7.32. The predicted octanol–water partition coefficient (Wildman–Crippen LogP) is 2.02. The van der Waals surface area contributed by atoms with Gasteiger partial charge in [0.25, 0.3) is 0 Å². The van der Waals surface area contributed by atoms with Crippen molar-refractivity contribution < 1.29 is 4.52 Å². The van der Waals surface area contributed by atoms with E-state index in [1.165, 1.54) is 25.9 Å². The lowest BCUT2D eigenvalue weighted by Crippen LogP contribution is -2.19. The fourth-order valence-electron chi connectivity index (χ4n) is 2.38. The lowest BCUT2D eigenvalue weighted by Gasteiger charge is -2.12. The molecule has 2 heterocycles. The maximum absolute atomic E-state index is 5.36. The van der Waals surface area contributed by atoms with E-state index in [1.807, 2.05) is 0 Å². The molecule has 0 bridgehead atoms. The second kappa shape index (κ2) is 6.17. The minimum Gasteiger partial charge on any atom is -0.360 e. The lowest BCUT2D eigenvalue weighted by molar-refractivity contribution is 0.264. The molecule has 0 aliphatic carbocycles. The van der Waals surface area contributed by atoms with Crippen molar-refractivity contribution in [3.05, 3.63) is 17.5 Å². The van der Waals surface area contributed by atoms with E-state index in [1.54, 1.807) is 0 Å². The van der Waals surface area contributed by atoms with Gasteiger partial charge in [0.05, 0.1) is 12.2 Å². The van der Waals surface area contributed by atoms with E-state index in [4.69, 9.17) is 4.52 Å². The summed E-state index contributed by atoms with van der Waals surface area (Å²) in [6.07, 6.45) is 2.62. The maximum Gasteiger partial charge on any atom is 0.151 e. The minimum absolute atomic E-state index is 0.803. The highest BCUT2D eigenvalue weighted by molar-refractivity contribution is 5.05. The normalized spacial score (nSPS) is 21.2. The largest absolute Gasteiger partial charge is 0.360 e. The second-order valence-corrected chi connectivity index (χ2v) is 4.86. The van der Waals surface area contributed by atoms with Crippen LogP contribution in [0.25, 0.3) is 0 Å². The molecule has 1 saturated heterocycles. The Morgan fingerprint density at radius 2 is 2.41 bits per heavy atom. The van der Waals surface area contributed by atoms with Crippen LogP contribution in [0.5, 0.6) is 0 Å². The molecular weight excluding hydrogens is 214 g/mol. The third kappa shape index (κ3) is 3.54. The van der Waals surface area contributed by atoms with E-state index in [-0.39, 0.29) is 0 Å². The van der Waals surface area contributed by atoms with Crippen molar-refractivity contribution in [1.29, 1.82) is 0 Å². The monoisotopic (exact) mass is 237 g/mol. The van der Waals surface area contributed by atoms with Crippen LogP contribution in [0.4, 0.5) is 0 Å². The molecule has 1 fully saturated rings. The summed E-state index contributed by atoms with van der Waals surface area (Å²) in [4.78, 5) is 2.46. The van der Waals surface area contributed by atoms with Gasteiger partial charge >= 0.3 is 0 Å². The number of nitrogens with zero attached hydrogens (tertiary/aromatic N) is 2. The van der Waals surface area contributed by atoms with Crippen molar-refractivity contribution in [2.24, 2.45) is 5.92 Å². The topological polar surface area (TPSA) is 41.3 Å². The molecule has 0 radical (unpaired) electrons. The Balaban J connectivity index is 1.80. The van der Waals surface area contributed by atoms with Gasteiger partial charge in [-0.05, 0) is 25.4 Å². The van der Waals surface area contributed by atoms with Crippen LogP contribution in [-0.4, -0.2) is 29.7 Å². The van der Waals surface area contributed by atoms with Gasteiger partial charge in [0, 0.05) is 19.2 Å². The Kier molecular flexibility index (Phi) is 4.57. The Morgan fingerprint density at radius 1 is 1.53 bits per heavy atom. The van der Waals surface area contributed by atoms with Crippen molar-refractivity contribution >= 4 is 0 Å². The first-order valence-electron chi connectivity index (χ1n) is 6.69. The molecule has 0 amide bonds. The average molecular weight is 237 g/mol. The molecule has 1 atom stereocenters. The highest BCUT2D eigenvalue weighted by Crippen LogP contribution is 2.21. The highest BCUT2D eigenvalue weighted by atomic mass is 16.5. The van der Waals surface area contributed by atoms with Gasteiger partial charge in [-0.1, -0.05) is 25.4 Å². The number of nitrogens with one attached hydrogen (secondary N) is 1. The fraction of sp³-hybridized carbons (Fsp3) is 0.769. The van der Waals surface area contributed by atoms with Crippen LogP contribution in [0, 0.1) is 5.92 Å². The average Bonchev–Trinajstić information content (AvgIpc) is 2.96. The van der Waals surface area contributed by atoms with E-state index in [2.05, 4.69) is 35.3 Å². The first-order chi connectivity index (χ1) is 8.31. The molecule has 0 saturated carbocycles. The van der Waals surface area contributed by atoms with Gasteiger partial charge in [-0.3, -0.25) is 4.90 Å². The van der Waals surface area contributed by atoms with E-state index >= 15 is 0 Å². The van der Waals surface area contributed by atoms with Crippen LogP contribution < -0.4 is 5.32 Å². The summed E-state index contributed by atoms with van der Waals surface area (Å²) in [7, 11) is 0. The Labute approximate surface area is 103 Å². The minimum atomic E-state index is 0.803. The van der Waals surface area contributed by atoms with Crippen molar-refractivity contribution in [3.63, 3.8) is 0 Å². The Hall–Kier alpha value is -0.870. The SMILES string of the molecule is CCNCc1cc(CN2CCC(CC)C2)on1. The Morgan fingerprint density at radius 3 is 3.12 bits per heavy atom. The molecule has 0 aromatic carbocycles. The van der Waals surface area contributed by atoms with E-state index in [0.29, 0.717) is 0 Å². The van der Waals surface area contributed by atoms with Crippen molar-refractivity contribution in [2.45, 2.75) is 39.8 Å². The molecule has 1 aliphatic heterocycles. The summed E-state index contributed by atoms with van der Waals surface area (Å²) in [6, 6.07) is 2.07. The smallest absolute Gasteiger partial charge is 0.151 e. The van der Waals surface area contributed by atoms with Gasteiger partial charge in [0.15, 0.2) is 5.76 Å². The van der Waals surface area contributed by atoms with Crippen LogP contribution in [0.1, 0.15) is 38.1 Å². The standard InChI is InChI=1S/C13H23N3O/c1-3-11-5-6-16(9-11)10-13-7-12(15-17-13)8-14-4-2/h7,11,14H,3-6,8-10H2,1-2H3. The molecular formula is C13H23N3O. The van der Waals surface area contributed by atoms with Crippen LogP contribution in [-0.2, 0) is 13.1 Å². The van der Waals surface area contributed by atoms with Crippen LogP contribution in [0.2, 0.25) is 0 Å². The van der Waals surface area contributed by atoms with Gasteiger partial charge in [-0.25, -0.2) is 0 Å². The number of rotatable bonds is 6. The van der Waals surface area contributed by atoms with E-state index < -0.39 is 0 Å². The molecule has 1 aromatic heterocycles. The first kappa shape index (κ1) is 12.6. The Bertz CT molecular complexity index is 337. The molecule has 96 valence electrons. The van der Waals surface area contributed by atoms with Crippen LogP contribution >= 0.6 is 0 Å². The van der Waals surface area contributed by atoms with Crippen LogP contribution in [0.3, 0.4) is 0 Å². The van der Waals surface area contributed by atoms with Gasteiger partial charge in [-0.2, -0.15) is 0 Å². The van der Waals surface area contributed by atoms with E-state index in [0.717, 1.165) is 37.0 Å². The number of aromatic nitrogens is 1. The van der Waals surface area contributed by atoms with Gasteiger partial charge in [0.2, 0.25) is 0 Å². The maximum atomic E-state index is 5.36. The predicted molar refractivity (Wildman–Crippen MR) is 67.6 cm³/mol. The third-order valence-corrected chi connectivity index (χ3v) is 3.49. The summed E-state index contributed by atoms with van der Waals surface area (Å²) in [5.41, 5.74) is 1.01.